The van der Waals surface area contributed by atoms with Gasteiger partial charge in [0.05, 0.1) is 0 Å². The highest BCUT2D eigenvalue weighted by Crippen LogP contribution is 2.29. The third kappa shape index (κ3) is 3.90. The minimum atomic E-state index is 0.0880. The molecule has 6 heteroatoms. The van der Waals surface area contributed by atoms with E-state index in [2.05, 4.69) is 0 Å². The van der Waals surface area contributed by atoms with Gasteiger partial charge in [0, 0.05) is 47.8 Å². The maximum Gasteiger partial charge on any atom is 0.223 e. The van der Waals surface area contributed by atoms with E-state index >= 15 is 0 Å². The molecule has 1 unspecified atom stereocenters. The van der Waals surface area contributed by atoms with Crippen LogP contribution in [0.1, 0.15) is 18.9 Å². The van der Waals surface area contributed by atoms with E-state index in [0.717, 1.165) is 5.56 Å². The number of carbonyl (C=O) groups excluding carboxylic acids is 2. The second-order valence-electron chi connectivity index (χ2n) is 4.85. The van der Waals surface area contributed by atoms with Gasteiger partial charge in [-0.05, 0) is 18.1 Å². The molecule has 0 N–H and O–H groups in total. The molecule has 1 aliphatic rings. The average Bonchev–Trinajstić information content (AvgIpc) is 2.72. The highest BCUT2D eigenvalue weighted by Gasteiger charge is 2.30. The summed E-state index contributed by atoms with van der Waals surface area (Å²) < 4.78 is 0. The summed E-state index contributed by atoms with van der Waals surface area (Å²) in [4.78, 5) is 24.7. The lowest BCUT2D eigenvalue weighted by atomic mass is 10.1. The van der Waals surface area contributed by atoms with Crippen molar-refractivity contribution in [2.45, 2.75) is 19.9 Å². The molecule has 3 nitrogen and oxygen atoms in total. The second-order valence-corrected chi connectivity index (χ2v) is 6.86. The van der Waals surface area contributed by atoms with Crippen LogP contribution in [0.5, 0.6) is 0 Å². The fourth-order valence-electron chi connectivity index (χ4n) is 2.23. The van der Waals surface area contributed by atoms with Gasteiger partial charge in [0.2, 0.25) is 5.91 Å². The van der Waals surface area contributed by atoms with Crippen molar-refractivity contribution in [1.29, 1.82) is 0 Å². The molecular weight excluding hydrogens is 317 g/mol. The molecule has 1 heterocycles. The van der Waals surface area contributed by atoms with Crippen molar-refractivity contribution >= 4 is 46.0 Å². The van der Waals surface area contributed by atoms with Crippen molar-refractivity contribution in [3.63, 3.8) is 0 Å². The Kier molecular flexibility index (Phi) is 5.35. The number of nitrogens with zero attached hydrogens (tertiary/aromatic N) is 1. The minimum absolute atomic E-state index is 0.0880. The van der Waals surface area contributed by atoms with E-state index in [9.17, 15) is 9.59 Å². The lowest BCUT2D eigenvalue weighted by Gasteiger charge is -2.18. The van der Waals surface area contributed by atoms with Crippen molar-refractivity contribution in [3.05, 3.63) is 33.8 Å². The van der Waals surface area contributed by atoms with Gasteiger partial charge < -0.3 is 4.90 Å². The number of likely N-dealkylation sites (tertiary alicyclic amines) is 1. The highest BCUT2D eigenvalue weighted by molar-refractivity contribution is 8.13. The first-order valence-corrected chi connectivity index (χ1v) is 8.05. The van der Waals surface area contributed by atoms with Gasteiger partial charge in [0.1, 0.15) is 0 Å². The van der Waals surface area contributed by atoms with E-state index in [0.29, 0.717) is 35.3 Å². The Balaban J connectivity index is 2.00. The standard InChI is InChI=1S/C14H15Cl2NO2S/c1-9(18)20-8-10-5-14(19)17(6-10)7-11-12(15)3-2-4-13(11)16/h2-4,10H,5-8H2,1H3. The zero-order valence-corrected chi connectivity index (χ0v) is 13.4. The zero-order chi connectivity index (χ0) is 14.7. The van der Waals surface area contributed by atoms with Crippen molar-refractivity contribution in [1.82, 2.24) is 4.90 Å². The predicted molar refractivity (Wildman–Crippen MR) is 83.1 cm³/mol. The SMILES string of the molecule is CC(=O)SCC1CC(=O)N(Cc2c(Cl)cccc2Cl)C1. The van der Waals surface area contributed by atoms with Gasteiger partial charge in [-0.15, -0.1) is 0 Å². The zero-order valence-electron chi connectivity index (χ0n) is 11.1. The van der Waals surface area contributed by atoms with E-state index in [-0.39, 0.29) is 16.9 Å². The minimum Gasteiger partial charge on any atom is -0.338 e. The van der Waals surface area contributed by atoms with Crippen molar-refractivity contribution in [2.75, 3.05) is 12.3 Å². The first kappa shape index (κ1) is 15.7. The number of amides is 1. The summed E-state index contributed by atoms with van der Waals surface area (Å²) >= 11 is 13.5. The molecule has 1 aliphatic heterocycles. The molecule has 108 valence electrons. The Hall–Kier alpha value is -0.710. The summed E-state index contributed by atoms with van der Waals surface area (Å²) in [5.74, 6) is 1.00. The molecule has 0 aliphatic carbocycles. The van der Waals surface area contributed by atoms with E-state index in [4.69, 9.17) is 23.2 Å². The van der Waals surface area contributed by atoms with Crippen LogP contribution in [0, 0.1) is 5.92 Å². The summed E-state index contributed by atoms with van der Waals surface area (Å²) in [6, 6.07) is 5.32. The van der Waals surface area contributed by atoms with Crippen LogP contribution < -0.4 is 0 Å². The molecule has 1 atom stereocenters. The van der Waals surface area contributed by atoms with E-state index in [1.807, 2.05) is 0 Å². The fourth-order valence-corrected chi connectivity index (χ4v) is 3.44. The highest BCUT2D eigenvalue weighted by atomic mass is 35.5. The molecule has 2 rings (SSSR count). The van der Waals surface area contributed by atoms with Gasteiger partial charge in [0.15, 0.2) is 5.12 Å². The van der Waals surface area contributed by atoms with Crippen molar-refractivity contribution in [2.24, 2.45) is 5.92 Å². The topological polar surface area (TPSA) is 37.4 Å². The van der Waals surface area contributed by atoms with Gasteiger partial charge in [-0.1, -0.05) is 41.0 Å². The van der Waals surface area contributed by atoms with Gasteiger partial charge >= 0.3 is 0 Å². The summed E-state index contributed by atoms with van der Waals surface area (Å²) in [5.41, 5.74) is 0.782. The number of carbonyl (C=O) groups is 2. The molecule has 1 amide bonds. The molecule has 20 heavy (non-hydrogen) atoms. The Labute approximate surface area is 132 Å². The smallest absolute Gasteiger partial charge is 0.223 e. The normalized spacial score (nSPS) is 18.6. The number of hydrogen-bond acceptors (Lipinski definition) is 3. The number of hydrogen-bond donors (Lipinski definition) is 0. The Morgan fingerprint density at radius 3 is 2.65 bits per heavy atom. The molecule has 1 aromatic rings. The Morgan fingerprint density at radius 1 is 1.40 bits per heavy atom. The molecule has 0 aromatic heterocycles. The fraction of sp³-hybridized carbons (Fsp3) is 0.429. The molecule has 1 fully saturated rings. The summed E-state index contributed by atoms with van der Waals surface area (Å²) in [6.07, 6.45) is 0.488. The maximum atomic E-state index is 12.0. The maximum absolute atomic E-state index is 12.0. The summed E-state index contributed by atoms with van der Waals surface area (Å²) in [5, 5.41) is 1.24. The Morgan fingerprint density at radius 2 is 2.05 bits per heavy atom. The quantitative estimate of drug-likeness (QED) is 0.845. The largest absolute Gasteiger partial charge is 0.338 e. The molecule has 0 radical (unpaired) electrons. The van der Waals surface area contributed by atoms with E-state index < -0.39 is 0 Å². The molecular formula is C14H15Cl2NO2S. The molecule has 0 saturated carbocycles. The first-order chi connectivity index (χ1) is 9.47. The van der Waals surface area contributed by atoms with Gasteiger partial charge in [-0.2, -0.15) is 0 Å². The lowest BCUT2D eigenvalue weighted by Crippen LogP contribution is -2.25. The monoisotopic (exact) mass is 331 g/mol. The van der Waals surface area contributed by atoms with Crippen LogP contribution in [0.3, 0.4) is 0 Å². The van der Waals surface area contributed by atoms with Crippen LogP contribution in [-0.4, -0.2) is 28.2 Å². The van der Waals surface area contributed by atoms with Gasteiger partial charge in [-0.25, -0.2) is 0 Å². The molecule has 0 bridgehead atoms. The number of halogens is 2. The average molecular weight is 332 g/mol. The van der Waals surface area contributed by atoms with Crippen LogP contribution in [0.25, 0.3) is 0 Å². The van der Waals surface area contributed by atoms with Crippen LogP contribution in [0.15, 0.2) is 18.2 Å². The number of benzene rings is 1. The number of rotatable bonds is 4. The first-order valence-electron chi connectivity index (χ1n) is 6.31. The van der Waals surface area contributed by atoms with Gasteiger partial charge in [0.25, 0.3) is 0 Å². The van der Waals surface area contributed by atoms with Crippen LogP contribution in [0.4, 0.5) is 0 Å². The lowest BCUT2D eigenvalue weighted by molar-refractivity contribution is -0.128. The van der Waals surface area contributed by atoms with Crippen LogP contribution in [-0.2, 0) is 16.1 Å². The van der Waals surface area contributed by atoms with Gasteiger partial charge in [-0.3, -0.25) is 9.59 Å². The number of thioether (sulfide) groups is 1. The van der Waals surface area contributed by atoms with Crippen molar-refractivity contribution in [3.8, 4) is 0 Å². The third-order valence-corrected chi connectivity index (χ3v) is 4.98. The van der Waals surface area contributed by atoms with Crippen LogP contribution >= 0.6 is 35.0 Å². The van der Waals surface area contributed by atoms with Crippen molar-refractivity contribution < 1.29 is 9.59 Å². The predicted octanol–water partition coefficient (Wildman–Crippen LogP) is 3.62. The second kappa shape index (κ2) is 6.83. The molecule has 0 spiro atoms. The van der Waals surface area contributed by atoms with E-state index in [1.54, 1.807) is 30.0 Å². The summed E-state index contributed by atoms with van der Waals surface area (Å²) in [6.45, 7) is 2.63. The van der Waals surface area contributed by atoms with Crippen LogP contribution in [0.2, 0.25) is 10.0 Å². The Bertz CT molecular complexity index is 516. The van der Waals surface area contributed by atoms with E-state index in [1.165, 1.54) is 11.8 Å². The summed E-state index contributed by atoms with van der Waals surface area (Å²) in [7, 11) is 0. The molecule has 1 saturated heterocycles. The molecule has 1 aromatic carbocycles. The third-order valence-electron chi connectivity index (χ3n) is 3.23.